The Hall–Kier alpha value is -0.390. The molecule has 0 bridgehead atoms. The van der Waals surface area contributed by atoms with Crippen molar-refractivity contribution in [3.05, 3.63) is 54.1 Å². The van der Waals surface area contributed by atoms with E-state index in [2.05, 4.69) is 12.6 Å². The van der Waals surface area contributed by atoms with Crippen LogP contribution in [0.15, 0.2) is 63.2 Å². The third kappa shape index (κ3) is 4.58. The minimum Gasteiger partial charge on any atom is -0.465 e. The third-order valence-corrected chi connectivity index (χ3v) is 3.96. The Labute approximate surface area is 144 Å². The van der Waals surface area contributed by atoms with E-state index in [0.29, 0.717) is 5.56 Å². The molecule has 5 heteroatoms. The van der Waals surface area contributed by atoms with Gasteiger partial charge in [-0.3, -0.25) is 0 Å². The molecule has 0 unspecified atom stereocenters. The maximum Gasteiger partial charge on any atom is 0.337 e. The van der Waals surface area contributed by atoms with Crippen LogP contribution in [-0.4, -0.2) is 42.6 Å². The molecule has 93 valence electrons. The van der Waals surface area contributed by atoms with Crippen LogP contribution in [0.4, 0.5) is 0 Å². The second-order valence-corrected chi connectivity index (χ2v) is 5.19. The van der Waals surface area contributed by atoms with Crippen molar-refractivity contribution in [3.63, 3.8) is 0 Å². The Morgan fingerprint density at radius 3 is 2.47 bits per heavy atom. The van der Waals surface area contributed by atoms with E-state index in [1.807, 2.05) is 30.3 Å². The van der Waals surface area contributed by atoms with Crippen molar-refractivity contribution in [2.45, 2.75) is 14.7 Å². The van der Waals surface area contributed by atoms with Crippen molar-refractivity contribution in [3.8, 4) is 0 Å². The summed E-state index contributed by atoms with van der Waals surface area (Å²) in [6.07, 6.45) is 0. The average molecular weight is 299 g/mol. The van der Waals surface area contributed by atoms with Crippen molar-refractivity contribution in [2.24, 2.45) is 0 Å². The second kappa shape index (κ2) is 8.02. The topological polar surface area (TPSA) is 26.3 Å². The zero-order valence-electron chi connectivity index (χ0n) is 10.8. The fourth-order valence-corrected chi connectivity index (χ4v) is 2.64. The summed E-state index contributed by atoms with van der Waals surface area (Å²) in [5, 5.41) is 0. The van der Waals surface area contributed by atoms with Crippen molar-refractivity contribution < 1.29 is 9.53 Å². The third-order valence-electron chi connectivity index (χ3n) is 2.35. The monoisotopic (exact) mass is 299 g/mol. The molecular weight excluding hydrogens is 287 g/mol. The number of thiol groups is 1. The Kier molecular flexibility index (Phi) is 7.04. The van der Waals surface area contributed by atoms with Gasteiger partial charge in [-0.05, 0) is 30.3 Å². The summed E-state index contributed by atoms with van der Waals surface area (Å²) in [6.45, 7) is 0. The van der Waals surface area contributed by atoms with Crippen LogP contribution in [0.1, 0.15) is 10.4 Å². The van der Waals surface area contributed by atoms with Crippen LogP contribution in [0.25, 0.3) is 0 Å². The van der Waals surface area contributed by atoms with Gasteiger partial charge in [-0.2, -0.15) is 0 Å². The first-order valence-corrected chi connectivity index (χ1v) is 6.61. The van der Waals surface area contributed by atoms with Gasteiger partial charge in [-0.25, -0.2) is 4.79 Å². The summed E-state index contributed by atoms with van der Waals surface area (Å²) in [5.74, 6) is -0.335. The number of esters is 1. The van der Waals surface area contributed by atoms with Crippen LogP contribution in [0.3, 0.4) is 0 Å². The second-order valence-electron chi connectivity index (χ2n) is 3.59. The number of carbonyl (C=O) groups is 1. The number of hydrogen-bond donors (Lipinski definition) is 1. The summed E-state index contributed by atoms with van der Waals surface area (Å²) >= 11 is 5.97. The number of ether oxygens (including phenoxy) is 1. The van der Waals surface area contributed by atoms with Gasteiger partial charge in [0.25, 0.3) is 0 Å². The quantitative estimate of drug-likeness (QED) is 0.533. The van der Waals surface area contributed by atoms with E-state index < -0.39 is 0 Å². The molecule has 0 amide bonds. The van der Waals surface area contributed by atoms with Gasteiger partial charge >= 0.3 is 5.97 Å². The fourth-order valence-electron chi connectivity index (χ4n) is 1.46. The molecule has 0 aliphatic carbocycles. The summed E-state index contributed by atoms with van der Waals surface area (Å²) in [4.78, 5) is 14.4. The molecule has 0 saturated heterocycles. The van der Waals surface area contributed by atoms with E-state index in [9.17, 15) is 4.79 Å². The van der Waals surface area contributed by atoms with E-state index in [1.165, 1.54) is 7.11 Å². The summed E-state index contributed by atoms with van der Waals surface area (Å²) < 4.78 is 4.71. The van der Waals surface area contributed by atoms with Crippen molar-refractivity contribution in [2.75, 3.05) is 7.11 Å². The number of rotatable bonds is 3. The number of benzene rings is 2. The maximum atomic E-state index is 11.5. The zero-order chi connectivity index (χ0) is 13.0. The molecule has 0 saturated carbocycles. The molecule has 0 spiro atoms. The minimum absolute atomic E-state index is 0. The smallest absolute Gasteiger partial charge is 0.337 e. The minimum atomic E-state index is -0.335. The molecule has 0 aliphatic heterocycles. The van der Waals surface area contributed by atoms with E-state index >= 15 is 0 Å². The first-order chi connectivity index (χ1) is 8.70. The largest absolute Gasteiger partial charge is 0.465 e. The van der Waals surface area contributed by atoms with E-state index in [4.69, 9.17) is 4.74 Å². The molecule has 0 fully saturated rings. The molecule has 19 heavy (non-hydrogen) atoms. The van der Waals surface area contributed by atoms with Gasteiger partial charge in [0.15, 0.2) is 0 Å². The van der Waals surface area contributed by atoms with Gasteiger partial charge in [0.05, 0.1) is 12.7 Å². The van der Waals surface area contributed by atoms with Crippen LogP contribution in [0.2, 0.25) is 0 Å². The normalized spacial score (nSPS) is 9.58. The summed E-state index contributed by atoms with van der Waals surface area (Å²) in [6, 6.07) is 15.3. The Balaban J connectivity index is 0.00000180. The molecule has 2 rings (SSSR count). The van der Waals surface area contributed by atoms with Crippen LogP contribution in [0.5, 0.6) is 0 Å². The van der Waals surface area contributed by atoms with Gasteiger partial charge < -0.3 is 4.74 Å². The molecule has 0 N–H and O–H groups in total. The van der Waals surface area contributed by atoms with E-state index in [1.54, 1.807) is 30.0 Å². The molecular formula is C14H12NaO2S2. The molecule has 0 aliphatic rings. The molecule has 2 nitrogen and oxygen atoms in total. The Morgan fingerprint density at radius 2 is 1.84 bits per heavy atom. The Morgan fingerprint density at radius 1 is 1.16 bits per heavy atom. The molecule has 0 heterocycles. The van der Waals surface area contributed by atoms with Gasteiger partial charge in [0, 0.05) is 44.2 Å². The molecule has 2 aromatic carbocycles. The number of hydrogen-bond acceptors (Lipinski definition) is 4. The van der Waals surface area contributed by atoms with Gasteiger partial charge in [-0.1, -0.05) is 30.0 Å². The SMILES string of the molecule is COC(=O)c1ccc(S)c(Sc2ccccc2)c1.[Na]. The van der Waals surface area contributed by atoms with Gasteiger partial charge in [-0.15, -0.1) is 12.6 Å². The molecule has 0 aromatic heterocycles. The van der Waals surface area contributed by atoms with E-state index in [0.717, 1.165) is 14.7 Å². The number of methoxy groups -OCH3 is 1. The molecule has 1 radical (unpaired) electrons. The van der Waals surface area contributed by atoms with Crippen LogP contribution in [0, 0.1) is 0 Å². The number of carbonyl (C=O) groups excluding carboxylic acids is 1. The van der Waals surface area contributed by atoms with E-state index in [-0.39, 0.29) is 35.5 Å². The van der Waals surface area contributed by atoms with Crippen molar-refractivity contribution >= 4 is 59.9 Å². The van der Waals surface area contributed by atoms with Crippen LogP contribution in [-0.2, 0) is 4.74 Å². The first kappa shape index (κ1) is 16.7. The van der Waals surface area contributed by atoms with Gasteiger partial charge in [0.2, 0.25) is 0 Å². The fraction of sp³-hybridized carbons (Fsp3) is 0.0714. The van der Waals surface area contributed by atoms with Crippen molar-refractivity contribution in [1.29, 1.82) is 0 Å². The first-order valence-electron chi connectivity index (χ1n) is 5.35. The maximum absolute atomic E-state index is 11.5. The molecule has 0 atom stereocenters. The van der Waals surface area contributed by atoms with Crippen molar-refractivity contribution in [1.82, 2.24) is 0 Å². The van der Waals surface area contributed by atoms with Gasteiger partial charge in [0.1, 0.15) is 0 Å². The summed E-state index contributed by atoms with van der Waals surface area (Å²) in [7, 11) is 1.38. The van der Waals surface area contributed by atoms with Crippen LogP contribution < -0.4 is 0 Å². The predicted molar refractivity (Wildman–Crippen MR) is 81.4 cm³/mol. The Bertz CT molecular complexity index is 559. The zero-order valence-corrected chi connectivity index (χ0v) is 14.5. The standard InChI is InChI=1S/C14H12O2S2.Na/c1-16-14(15)10-7-8-12(17)13(9-10)18-11-5-3-2-4-6-11;/h2-9,17H,1H3;. The van der Waals surface area contributed by atoms with Crippen LogP contribution >= 0.6 is 24.4 Å². The molecule has 2 aromatic rings. The summed E-state index contributed by atoms with van der Waals surface area (Å²) in [5.41, 5.74) is 0.536. The average Bonchev–Trinajstić information content (AvgIpc) is 2.41. The predicted octanol–water partition coefficient (Wildman–Crippen LogP) is 3.53.